The van der Waals surface area contributed by atoms with Gasteiger partial charge in [-0.1, -0.05) is 30.3 Å². The highest BCUT2D eigenvalue weighted by Crippen LogP contribution is 2.33. The summed E-state index contributed by atoms with van der Waals surface area (Å²) in [7, 11) is 1.87. The van der Waals surface area contributed by atoms with Crippen LogP contribution < -0.4 is 25.8 Å². The Morgan fingerprint density at radius 2 is 1.89 bits per heavy atom. The number of urea groups is 1. The van der Waals surface area contributed by atoms with Crippen LogP contribution in [0.4, 0.5) is 27.2 Å². The van der Waals surface area contributed by atoms with Crippen molar-refractivity contribution < 1.29 is 14.3 Å². The van der Waals surface area contributed by atoms with E-state index in [1.165, 1.54) is 6.20 Å². The van der Waals surface area contributed by atoms with Crippen LogP contribution in [0.5, 0.6) is 0 Å². The molecule has 3 aliphatic rings. The monoisotopic (exact) mass is 633 g/mol. The van der Waals surface area contributed by atoms with E-state index >= 15 is 0 Å². The Bertz CT molecular complexity index is 1790. The zero-order valence-corrected chi connectivity index (χ0v) is 26.0. The molecule has 2 aliphatic heterocycles. The average molecular weight is 634 g/mol. The fraction of sp³-hybridized carbons (Fsp3) is 0.364. The predicted molar refractivity (Wildman–Crippen MR) is 173 cm³/mol. The minimum atomic E-state index is -0.437. The first-order chi connectivity index (χ1) is 22.9. The number of carbonyl (C=O) groups is 2. The van der Waals surface area contributed by atoms with Gasteiger partial charge in [0.05, 0.1) is 12.4 Å². The number of ether oxygens (including phenoxy) is 1. The number of aryl methyl sites for hydroxylation is 1. The summed E-state index contributed by atoms with van der Waals surface area (Å²) in [6.45, 7) is 1.73. The van der Waals surface area contributed by atoms with Gasteiger partial charge in [0.25, 0.3) is 0 Å². The molecule has 240 valence electrons. The molecule has 2 saturated heterocycles. The lowest BCUT2D eigenvalue weighted by molar-refractivity contribution is 0.167. The second-order valence-electron chi connectivity index (χ2n) is 12.4. The van der Waals surface area contributed by atoms with Gasteiger partial charge < -0.3 is 25.6 Å². The van der Waals surface area contributed by atoms with E-state index in [0.29, 0.717) is 49.4 Å². The largest absolute Gasteiger partial charge is 0.447 e. The number of amides is 3. The van der Waals surface area contributed by atoms with Crippen LogP contribution in [0.1, 0.15) is 36.8 Å². The lowest BCUT2D eigenvalue weighted by Crippen LogP contribution is -2.69. The van der Waals surface area contributed by atoms with E-state index in [2.05, 4.69) is 37.1 Å². The summed E-state index contributed by atoms with van der Waals surface area (Å²) >= 11 is 0. The Balaban J connectivity index is 1.03. The third-order valence-electron chi connectivity index (χ3n) is 8.96. The maximum absolute atomic E-state index is 13.7. The lowest BCUT2D eigenvalue weighted by Gasteiger charge is -2.46. The molecule has 14 heteroatoms. The number of anilines is 3. The van der Waals surface area contributed by atoms with E-state index in [1.54, 1.807) is 22.0 Å². The van der Waals surface area contributed by atoms with Crippen LogP contribution in [0, 0.1) is 11.3 Å². The predicted octanol–water partition coefficient (Wildman–Crippen LogP) is 3.58. The Labute approximate surface area is 271 Å². The molecule has 14 nitrogen and oxygen atoms in total. The number of benzene rings is 1. The van der Waals surface area contributed by atoms with Gasteiger partial charge in [-0.25, -0.2) is 19.6 Å². The van der Waals surface area contributed by atoms with Gasteiger partial charge >= 0.3 is 12.1 Å². The van der Waals surface area contributed by atoms with E-state index in [9.17, 15) is 14.9 Å². The molecule has 3 N–H and O–H groups in total. The molecule has 4 aromatic rings. The molecule has 3 aromatic heterocycles. The first kappa shape index (κ1) is 30.0. The average Bonchev–Trinajstić information content (AvgIpc) is 3.70. The molecule has 0 radical (unpaired) electrons. The Morgan fingerprint density at radius 3 is 2.55 bits per heavy atom. The van der Waals surface area contributed by atoms with Gasteiger partial charge in [0, 0.05) is 62.3 Å². The van der Waals surface area contributed by atoms with E-state index in [0.717, 1.165) is 42.4 Å². The summed E-state index contributed by atoms with van der Waals surface area (Å²) in [5.74, 6) is 1.57. The van der Waals surface area contributed by atoms with Crippen molar-refractivity contribution in [3.05, 3.63) is 78.4 Å². The van der Waals surface area contributed by atoms with Crippen LogP contribution in [-0.2, 0) is 18.3 Å². The number of alkyl carbamates (subject to hydrolysis) is 1. The van der Waals surface area contributed by atoms with Crippen molar-refractivity contribution in [1.82, 2.24) is 35.4 Å². The number of pyridine rings is 1. The molecule has 3 amide bonds. The first-order valence-corrected chi connectivity index (χ1v) is 15.7. The van der Waals surface area contributed by atoms with E-state index in [1.807, 2.05) is 60.6 Å². The second kappa shape index (κ2) is 12.6. The summed E-state index contributed by atoms with van der Waals surface area (Å²) in [5.41, 5.74) is 2.84. The second-order valence-corrected chi connectivity index (χ2v) is 12.4. The summed E-state index contributed by atoms with van der Waals surface area (Å²) in [6, 6.07) is 15.7. The topological polar surface area (TPSA) is 166 Å². The molecular formula is C33H35N11O3. The lowest BCUT2D eigenvalue weighted by atomic mass is 9.90. The molecule has 47 heavy (non-hydrogen) atoms. The number of carbonyl (C=O) groups excluding carboxylic acids is 2. The van der Waals surface area contributed by atoms with Crippen molar-refractivity contribution in [2.75, 3.05) is 34.8 Å². The molecule has 0 unspecified atom stereocenters. The van der Waals surface area contributed by atoms with Crippen molar-refractivity contribution in [3.63, 3.8) is 0 Å². The summed E-state index contributed by atoms with van der Waals surface area (Å²) in [5, 5.41) is 23.3. The molecule has 0 atom stereocenters. The molecule has 5 heterocycles. The third kappa shape index (κ3) is 6.37. The Hall–Kier alpha value is -5.71. The molecule has 1 spiro atoms. The number of aromatic nitrogens is 5. The summed E-state index contributed by atoms with van der Waals surface area (Å²) in [4.78, 5) is 42.8. The van der Waals surface area contributed by atoms with Crippen molar-refractivity contribution in [2.24, 2.45) is 7.05 Å². The van der Waals surface area contributed by atoms with Gasteiger partial charge in [-0.2, -0.15) is 15.3 Å². The molecule has 1 aliphatic carbocycles. The maximum atomic E-state index is 13.7. The third-order valence-corrected chi connectivity index (χ3v) is 8.96. The molecule has 1 saturated carbocycles. The number of cyclic esters (lactones) is 1. The maximum Gasteiger partial charge on any atom is 0.407 e. The minimum absolute atomic E-state index is 0.0564. The standard InChI is InChI=1S/C33H35N11O3/c1-42-18-25(17-38-42)23-7-12-28(35-15-23)44(31(45)37-14-22-5-3-2-4-6-22)27-10-8-26(9-11-27)39-30-36-16-24(13-34)29(40-30)43-19-33(20-43)21-47-32(46)41-33/h2-7,12,15-18,26-27H,8-11,14,19-21H2,1H3,(H,37,45)(H,41,46)(H,36,39,40)/t26-,27-. The van der Waals surface area contributed by atoms with Crippen LogP contribution in [0.2, 0.25) is 0 Å². The number of nitriles is 1. The smallest absolute Gasteiger partial charge is 0.407 e. The zero-order chi connectivity index (χ0) is 32.4. The molecule has 7 rings (SSSR count). The van der Waals surface area contributed by atoms with E-state index in [4.69, 9.17) is 9.72 Å². The molecule has 3 fully saturated rings. The normalized spacial score (nSPS) is 19.7. The summed E-state index contributed by atoms with van der Waals surface area (Å²) in [6.07, 6.45) is 9.69. The van der Waals surface area contributed by atoms with Gasteiger partial charge in [0.15, 0.2) is 5.82 Å². The number of rotatable bonds is 8. The van der Waals surface area contributed by atoms with E-state index < -0.39 is 11.6 Å². The minimum Gasteiger partial charge on any atom is -0.447 e. The van der Waals surface area contributed by atoms with Gasteiger partial charge in [0.2, 0.25) is 5.95 Å². The molecular weight excluding hydrogens is 598 g/mol. The number of nitrogens with zero attached hydrogens (tertiary/aromatic N) is 8. The van der Waals surface area contributed by atoms with E-state index in [-0.39, 0.29) is 18.1 Å². The number of hydrogen-bond donors (Lipinski definition) is 3. The highest BCUT2D eigenvalue weighted by Gasteiger charge is 2.50. The highest BCUT2D eigenvalue weighted by molar-refractivity contribution is 5.91. The quantitative estimate of drug-likeness (QED) is 0.261. The SMILES string of the molecule is Cn1cc(-c2ccc(N(C(=O)NCc3ccccc3)[C@H]3CC[C@H](Nc4ncc(C#N)c(N5CC6(COC(=O)N6)C5)n4)CC3)nc2)cn1. The van der Waals surface area contributed by atoms with Crippen molar-refractivity contribution in [3.8, 4) is 17.2 Å². The fourth-order valence-corrected chi connectivity index (χ4v) is 6.51. The van der Waals surface area contributed by atoms with Gasteiger partial charge in [-0.05, 0) is 43.4 Å². The van der Waals surface area contributed by atoms with Crippen LogP contribution in [-0.4, -0.2) is 74.2 Å². The van der Waals surface area contributed by atoms with Gasteiger partial charge in [-0.3, -0.25) is 9.58 Å². The van der Waals surface area contributed by atoms with Gasteiger partial charge in [-0.15, -0.1) is 0 Å². The van der Waals surface area contributed by atoms with Crippen molar-refractivity contribution in [2.45, 2.75) is 49.9 Å². The van der Waals surface area contributed by atoms with Crippen molar-refractivity contribution in [1.29, 1.82) is 5.26 Å². The summed E-state index contributed by atoms with van der Waals surface area (Å²) < 4.78 is 6.83. The Kier molecular flexibility index (Phi) is 8.03. The molecule has 0 bridgehead atoms. The van der Waals surface area contributed by atoms with Crippen molar-refractivity contribution >= 4 is 29.7 Å². The highest BCUT2D eigenvalue weighted by atomic mass is 16.6. The Morgan fingerprint density at radius 1 is 1.09 bits per heavy atom. The fourth-order valence-electron chi connectivity index (χ4n) is 6.51. The van der Waals surface area contributed by atoms with Crippen LogP contribution >= 0.6 is 0 Å². The zero-order valence-electron chi connectivity index (χ0n) is 26.0. The molecule has 1 aromatic carbocycles. The van der Waals surface area contributed by atoms with Gasteiger partial charge in [0.1, 0.15) is 29.6 Å². The van der Waals surface area contributed by atoms with Crippen LogP contribution in [0.3, 0.4) is 0 Å². The number of nitrogens with one attached hydrogen (secondary N) is 3. The van der Waals surface area contributed by atoms with Crippen LogP contribution in [0.15, 0.2) is 67.3 Å². The first-order valence-electron chi connectivity index (χ1n) is 15.7. The number of hydrogen-bond acceptors (Lipinski definition) is 10. The van der Waals surface area contributed by atoms with Crippen LogP contribution in [0.25, 0.3) is 11.1 Å².